The molecule has 4 nitrogen and oxygen atoms in total. The van der Waals surface area contributed by atoms with E-state index in [2.05, 4.69) is 39.4 Å². The van der Waals surface area contributed by atoms with Gasteiger partial charge in [0.25, 0.3) is 0 Å². The molecule has 6 heteroatoms. The molecule has 1 aliphatic heterocycles. The van der Waals surface area contributed by atoms with E-state index < -0.39 is 0 Å². The van der Waals surface area contributed by atoms with Gasteiger partial charge >= 0.3 is 0 Å². The van der Waals surface area contributed by atoms with E-state index in [4.69, 9.17) is 0 Å². The summed E-state index contributed by atoms with van der Waals surface area (Å²) in [5.41, 5.74) is 5.24. The van der Waals surface area contributed by atoms with Crippen LogP contribution in [-0.2, 0) is 4.79 Å². The predicted octanol–water partition coefficient (Wildman–Crippen LogP) is 6.87. The molecular formula is C37H37F2N3O. The number of hydrogen-bond acceptors (Lipinski definition) is 3. The maximum Gasteiger partial charge on any atom is 0.243 e. The number of benzene rings is 4. The van der Waals surface area contributed by atoms with E-state index in [0.29, 0.717) is 6.54 Å². The number of halogens is 2. The van der Waals surface area contributed by atoms with Gasteiger partial charge in [-0.2, -0.15) is 0 Å². The van der Waals surface area contributed by atoms with E-state index in [1.807, 2.05) is 72.8 Å². The van der Waals surface area contributed by atoms with Crippen LogP contribution in [-0.4, -0.2) is 55.0 Å². The van der Waals surface area contributed by atoms with E-state index in [0.717, 1.165) is 67.0 Å². The van der Waals surface area contributed by atoms with Gasteiger partial charge in [-0.1, -0.05) is 97.1 Å². The topological polar surface area (TPSA) is 35.6 Å². The minimum Gasteiger partial charge on any atom is -0.353 e. The Morgan fingerprint density at radius 2 is 1.23 bits per heavy atom. The maximum absolute atomic E-state index is 13.6. The lowest BCUT2D eigenvalue weighted by atomic mass is 9.96. The third-order valence-electron chi connectivity index (χ3n) is 7.77. The van der Waals surface area contributed by atoms with Gasteiger partial charge in [-0.3, -0.25) is 9.69 Å². The molecule has 5 rings (SSSR count). The number of amides is 1. The molecule has 43 heavy (non-hydrogen) atoms. The van der Waals surface area contributed by atoms with Gasteiger partial charge in [0.15, 0.2) is 0 Å². The van der Waals surface area contributed by atoms with Crippen molar-refractivity contribution in [3.63, 3.8) is 0 Å². The SMILES string of the molecule is O=C(C=CC=C(c1ccccc1)c1ccccc1)NCCCN1CCN(C(c2ccc(F)cc2)c2ccc(F)cc2)CC1. The zero-order valence-corrected chi connectivity index (χ0v) is 24.2. The molecule has 1 heterocycles. The molecule has 1 amide bonds. The second-order valence-corrected chi connectivity index (χ2v) is 10.7. The number of nitrogens with zero attached hydrogens (tertiary/aromatic N) is 2. The van der Waals surface area contributed by atoms with Gasteiger partial charge in [-0.15, -0.1) is 0 Å². The zero-order valence-electron chi connectivity index (χ0n) is 24.2. The molecule has 1 aliphatic rings. The van der Waals surface area contributed by atoms with Gasteiger partial charge in [0.2, 0.25) is 5.91 Å². The fraction of sp³-hybridized carbons (Fsp3) is 0.216. The first kappa shape index (κ1) is 30.1. The van der Waals surface area contributed by atoms with E-state index >= 15 is 0 Å². The Kier molecular flexibility index (Phi) is 10.6. The first-order chi connectivity index (χ1) is 21.1. The van der Waals surface area contributed by atoms with Crippen molar-refractivity contribution in [2.75, 3.05) is 39.3 Å². The number of rotatable bonds is 11. The predicted molar refractivity (Wildman–Crippen MR) is 169 cm³/mol. The van der Waals surface area contributed by atoms with Crippen LogP contribution < -0.4 is 5.32 Å². The summed E-state index contributed by atoms with van der Waals surface area (Å²) in [6.45, 7) is 4.95. The lowest BCUT2D eigenvalue weighted by Crippen LogP contribution is -2.48. The van der Waals surface area contributed by atoms with Crippen LogP contribution in [0.25, 0.3) is 5.57 Å². The lowest BCUT2D eigenvalue weighted by molar-refractivity contribution is -0.116. The van der Waals surface area contributed by atoms with Crippen LogP contribution in [0.1, 0.15) is 34.7 Å². The van der Waals surface area contributed by atoms with E-state index in [1.165, 1.54) is 24.3 Å². The van der Waals surface area contributed by atoms with Crippen LogP contribution in [0.3, 0.4) is 0 Å². The third-order valence-corrected chi connectivity index (χ3v) is 7.77. The Morgan fingerprint density at radius 1 is 0.721 bits per heavy atom. The summed E-state index contributed by atoms with van der Waals surface area (Å²) in [7, 11) is 0. The average Bonchev–Trinajstić information content (AvgIpc) is 3.05. The fourth-order valence-corrected chi connectivity index (χ4v) is 5.55. The number of carbonyl (C=O) groups excluding carboxylic acids is 1. The molecule has 0 unspecified atom stereocenters. The Labute approximate surface area is 253 Å². The molecule has 1 fully saturated rings. The van der Waals surface area contributed by atoms with Gasteiger partial charge in [0, 0.05) is 38.8 Å². The number of carbonyl (C=O) groups is 1. The quantitative estimate of drug-likeness (QED) is 0.120. The first-order valence-corrected chi connectivity index (χ1v) is 14.8. The fourth-order valence-electron chi connectivity index (χ4n) is 5.55. The molecule has 0 saturated carbocycles. The summed E-state index contributed by atoms with van der Waals surface area (Å²) in [6, 6.07) is 33.4. The lowest BCUT2D eigenvalue weighted by Gasteiger charge is -2.39. The van der Waals surface area contributed by atoms with Crippen molar-refractivity contribution in [2.45, 2.75) is 12.5 Å². The number of allylic oxidation sites excluding steroid dienone is 2. The molecule has 4 aromatic rings. The summed E-state index contributed by atoms with van der Waals surface area (Å²) in [4.78, 5) is 17.3. The second-order valence-electron chi connectivity index (χ2n) is 10.7. The molecule has 0 bridgehead atoms. The van der Waals surface area contributed by atoms with Gasteiger partial charge in [0.05, 0.1) is 6.04 Å². The highest BCUT2D eigenvalue weighted by Gasteiger charge is 2.26. The third kappa shape index (κ3) is 8.57. The maximum atomic E-state index is 13.6. The van der Waals surface area contributed by atoms with Crippen LogP contribution in [0.4, 0.5) is 8.78 Å². The molecule has 0 aromatic heterocycles. The molecule has 0 spiro atoms. The Hall–Kier alpha value is -4.39. The average molecular weight is 578 g/mol. The van der Waals surface area contributed by atoms with Crippen molar-refractivity contribution in [1.82, 2.24) is 15.1 Å². The van der Waals surface area contributed by atoms with Crippen molar-refractivity contribution >= 4 is 11.5 Å². The summed E-state index contributed by atoms with van der Waals surface area (Å²) in [5.74, 6) is -0.646. The van der Waals surface area contributed by atoms with Crippen molar-refractivity contribution in [2.24, 2.45) is 0 Å². The number of hydrogen-bond donors (Lipinski definition) is 1. The number of nitrogens with one attached hydrogen (secondary N) is 1. The highest BCUT2D eigenvalue weighted by molar-refractivity contribution is 5.89. The molecule has 0 aliphatic carbocycles. The molecule has 0 atom stereocenters. The van der Waals surface area contributed by atoms with E-state index in [-0.39, 0.29) is 23.6 Å². The van der Waals surface area contributed by atoms with Crippen molar-refractivity contribution < 1.29 is 13.6 Å². The monoisotopic (exact) mass is 577 g/mol. The molecule has 0 radical (unpaired) electrons. The van der Waals surface area contributed by atoms with Crippen LogP contribution in [0.15, 0.2) is 127 Å². The van der Waals surface area contributed by atoms with Crippen LogP contribution in [0, 0.1) is 11.6 Å². The zero-order chi connectivity index (χ0) is 29.9. The van der Waals surface area contributed by atoms with Crippen molar-refractivity contribution in [3.05, 3.63) is 161 Å². The molecular weight excluding hydrogens is 540 g/mol. The summed E-state index contributed by atoms with van der Waals surface area (Å²) in [5, 5.41) is 3.00. The Bertz CT molecular complexity index is 1410. The standard InChI is InChI=1S/C37H37F2N3O/c38-33-19-15-31(16-20-33)37(32-17-21-34(39)22-18-32)42-27-25-41(26-28-42)24-8-23-40-36(43)14-7-13-35(29-9-3-1-4-10-29)30-11-5-2-6-12-30/h1-7,9-22,37H,8,23-28H2,(H,40,43). The largest absolute Gasteiger partial charge is 0.353 e. The normalized spacial score (nSPS) is 14.2. The van der Waals surface area contributed by atoms with Gasteiger partial charge < -0.3 is 10.2 Å². The highest BCUT2D eigenvalue weighted by atomic mass is 19.1. The van der Waals surface area contributed by atoms with E-state index in [9.17, 15) is 13.6 Å². The molecule has 4 aromatic carbocycles. The van der Waals surface area contributed by atoms with Crippen LogP contribution >= 0.6 is 0 Å². The molecule has 1 saturated heterocycles. The Morgan fingerprint density at radius 3 is 1.74 bits per heavy atom. The van der Waals surface area contributed by atoms with Gasteiger partial charge in [0.1, 0.15) is 11.6 Å². The number of piperazine rings is 1. The second kappa shape index (κ2) is 15.2. The van der Waals surface area contributed by atoms with Crippen LogP contribution in [0.5, 0.6) is 0 Å². The van der Waals surface area contributed by atoms with Crippen LogP contribution in [0.2, 0.25) is 0 Å². The Balaban J connectivity index is 1.10. The van der Waals surface area contributed by atoms with Gasteiger partial charge in [-0.25, -0.2) is 8.78 Å². The summed E-state index contributed by atoms with van der Waals surface area (Å²) in [6.07, 6.45) is 6.22. The van der Waals surface area contributed by atoms with Crippen molar-refractivity contribution in [1.29, 1.82) is 0 Å². The summed E-state index contributed by atoms with van der Waals surface area (Å²) >= 11 is 0. The molecule has 220 valence electrons. The van der Waals surface area contributed by atoms with Gasteiger partial charge in [-0.05, 0) is 65.1 Å². The smallest absolute Gasteiger partial charge is 0.243 e. The molecule has 1 N–H and O–H groups in total. The van der Waals surface area contributed by atoms with Crippen molar-refractivity contribution in [3.8, 4) is 0 Å². The first-order valence-electron chi connectivity index (χ1n) is 14.8. The summed E-state index contributed by atoms with van der Waals surface area (Å²) < 4.78 is 27.2. The van der Waals surface area contributed by atoms with E-state index in [1.54, 1.807) is 6.08 Å². The highest BCUT2D eigenvalue weighted by Crippen LogP contribution is 2.30. The minimum absolute atomic E-state index is 0.0622. The minimum atomic E-state index is -0.269.